The minimum atomic E-state index is -2.47. The predicted molar refractivity (Wildman–Crippen MR) is 65.3 cm³/mol. The van der Waals surface area contributed by atoms with Gasteiger partial charge in [0.1, 0.15) is 0 Å². The van der Waals surface area contributed by atoms with E-state index < -0.39 is 5.92 Å². The van der Waals surface area contributed by atoms with Crippen LogP contribution < -0.4 is 4.90 Å². The summed E-state index contributed by atoms with van der Waals surface area (Å²) >= 11 is 3.40. The minimum absolute atomic E-state index is 0.0392. The van der Waals surface area contributed by atoms with E-state index in [0.29, 0.717) is 13.1 Å². The molecular weight excluding hydrogens is 276 g/mol. The zero-order valence-corrected chi connectivity index (χ0v) is 10.7. The number of rotatable bonds is 1. The van der Waals surface area contributed by atoms with Crippen LogP contribution in [0.5, 0.6) is 0 Å². The third-order valence-electron chi connectivity index (χ3n) is 2.99. The Bertz CT molecular complexity index is 383. The highest BCUT2D eigenvalue weighted by atomic mass is 79.9. The average molecular weight is 290 g/mol. The molecule has 0 aliphatic carbocycles. The molecule has 1 saturated heterocycles. The second kappa shape index (κ2) is 4.32. The highest BCUT2D eigenvalue weighted by molar-refractivity contribution is 9.10. The molecule has 1 aromatic carbocycles. The highest BCUT2D eigenvalue weighted by Gasteiger charge is 2.34. The van der Waals surface area contributed by atoms with E-state index in [1.807, 2.05) is 30.0 Å². The average Bonchev–Trinajstić information content (AvgIpc) is 2.19. The van der Waals surface area contributed by atoms with Crippen molar-refractivity contribution in [2.24, 2.45) is 0 Å². The quantitative estimate of drug-likeness (QED) is 0.756. The molecule has 4 heteroatoms. The van der Waals surface area contributed by atoms with E-state index in [1.54, 1.807) is 0 Å². The van der Waals surface area contributed by atoms with Gasteiger partial charge in [0.2, 0.25) is 0 Å². The first-order valence-corrected chi connectivity index (χ1v) is 6.16. The van der Waals surface area contributed by atoms with Gasteiger partial charge in [-0.2, -0.15) is 0 Å². The number of nitrogens with zero attached hydrogens (tertiary/aromatic N) is 1. The summed E-state index contributed by atoms with van der Waals surface area (Å²) in [5.74, 6) is -2.47. The Morgan fingerprint density at radius 1 is 1.25 bits per heavy atom. The van der Waals surface area contributed by atoms with Crippen LogP contribution in [-0.4, -0.2) is 19.0 Å². The van der Waals surface area contributed by atoms with Gasteiger partial charge in [0.15, 0.2) is 0 Å². The largest absolute Gasteiger partial charge is 0.371 e. The molecule has 0 bridgehead atoms. The molecule has 16 heavy (non-hydrogen) atoms. The standard InChI is InChI=1S/C12H14BrF2N/c1-9-8-10(13)2-3-11(9)16-6-4-12(14,15)5-7-16/h2-3,8H,4-7H2,1H3. The maximum absolute atomic E-state index is 13.0. The first-order chi connectivity index (χ1) is 7.48. The van der Waals surface area contributed by atoms with Gasteiger partial charge in [-0.05, 0) is 30.7 Å². The van der Waals surface area contributed by atoms with Crippen molar-refractivity contribution in [3.8, 4) is 0 Å². The van der Waals surface area contributed by atoms with Crippen LogP contribution in [0.1, 0.15) is 18.4 Å². The van der Waals surface area contributed by atoms with Gasteiger partial charge in [0.05, 0.1) is 0 Å². The van der Waals surface area contributed by atoms with Gasteiger partial charge in [-0.15, -0.1) is 0 Å². The van der Waals surface area contributed by atoms with E-state index in [2.05, 4.69) is 15.9 Å². The number of halogens is 3. The monoisotopic (exact) mass is 289 g/mol. The molecule has 0 radical (unpaired) electrons. The van der Waals surface area contributed by atoms with Crippen molar-refractivity contribution in [3.63, 3.8) is 0 Å². The zero-order chi connectivity index (χ0) is 11.8. The summed E-state index contributed by atoms with van der Waals surface area (Å²) in [5.41, 5.74) is 2.19. The lowest BCUT2D eigenvalue weighted by Gasteiger charge is -2.34. The van der Waals surface area contributed by atoms with Gasteiger partial charge in [-0.1, -0.05) is 15.9 Å². The molecule has 0 aromatic heterocycles. The molecule has 0 saturated carbocycles. The number of hydrogen-bond acceptors (Lipinski definition) is 1. The van der Waals surface area contributed by atoms with Crippen molar-refractivity contribution in [2.45, 2.75) is 25.7 Å². The molecule has 1 aliphatic heterocycles. The Kier molecular flexibility index (Phi) is 3.19. The molecule has 0 unspecified atom stereocenters. The number of anilines is 1. The van der Waals surface area contributed by atoms with Crippen molar-refractivity contribution in [1.29, 1.82) is 0 Å². The third-order valence-corrected chi connectivity index (χ3v) is 3.49. The first-order valence-electron chi connectivity index (χ1n) is 5.37. The summed E-state index contributed by atoms with van der Waals surface area (Å²) in [4.78, 5) is 2.04. The molecule has 1 aliphatic rings. The lowest BCUT2D eigenvalue weighted by atomic mass is 10.0. The SMILES string of the molecule is Cc1cc(Br)ccc1N1CCC(F)(F)CC1. The van der Waals surface area contributed by atoms with E-state index in [0.717, 1.165) is 15.7 Å². The molecule has 0 spiro atoms. The van der Waals surface area contributed by atoms with Gasteiger partial charge >= 0.3 is 0 Å². The number of piperidine rings is 1. The van der Waals surface area contributed by atoms with E-state index in [4.69, 9.17) is 0 Å². The molecule has 1 fully saturated rings. The van der Waals surface area contributed by atoms with Crippen molar-refractivity contribution in [2.75, 3.05) is 18.0 Å². The van der Waals surface area contributed by atoms with Crippen molar-refractivity contribution < 1.29 is 8.78 Å². The minimum Gasteiger partial charge on any atom is -0.371 e. The van der Waals surface area contributed by atoms with Crippen LogP contribution in [0.4, 0.5) is 14.5 Å². The fourth-order valence-corrected chi connectivity index (χ4v) is 2.52. The maximum Gasteiger partial charge on any atom is 0.251 e. The van der Waals surface area contributed by atoms with Crippen LogP contribution in [0.15, 0.2) is 22.7 Å². The number of aryl methyl sites for hydroxylation is 1. The normalized spacial score (nSPS) is 19.9. The number of hydrogen-bond donors (Lipinski definition) is 0. The highest BCUT2D eigenvalue weighted by Crippen LogP contribution is 2.32. The van der Waals surface area contributed by atoms with Crippen molar-refractivity contribution >= 4 is 21.6 Å². The molecule has 1 heterocycles. The maximum atomic E-state index is 13.0. The third kappa shape index (κ3) is 2.54. The van der Waals surface area contributed by atoms with Crippen LogP contribution in [0.2, 0.25) is 0 Å². The molecule has 0 amide bonds. The number of benzene rings is 1. The van der Waals surface area contributed by atoms with E-state index >= 15 is 0 Å². The Balaban J connectivity index is 2.14. The van der Waals surface area contributed by atoms with Gasteiger partial charge in [0, 0.05) is 36.1 Å². The summed E-state index contributed by atoms with van der Waals surface area (Å²) in [6, 6.07) is 5.96. The lowest BCUT2D eigenvalue weighted by molar-refractivity contribution is -0.0220. The van der Waals surface area contributed by atoms with Crippen LogP contribution >= 0.6 is 15.9 Å². The molecule has 88 valence electrons. The lowest BCUT2D eigenvalue weighted by Crippen LogP contribution is -2.39. The zero-order valence-electron chi connectivity index (χ0n) is 9.14. The Labute approximate surface area is 103 Å². The van der Waals surface area contributed by atoms with Gasteiger partial charge in [0.25, 0.3) is 5.92 Å². The molecule has 0 N–H and O–H groups in total. The summed E-state index contributed by atoms with van der Waals surface area (Å²) in [6.45, 7) is 2.89. The molecule has 0 atom stereocenters. The fraction of sp³-hybridized carbons (Fsp3) is 0.500. The van der Waals surface area contributed by atoms with E-state index in [9.17, 15) is 8.78 Å². The van der Waals surface area contributed by atoms with Crippen LogP contribution in [0.25, 0.3) is 0 Å². The Morgan fingerprint density at radius 2 is 1.88 bits per heavy atom. The summed E-state index contributed by atoms with van der Waals surface area (Å²) in [7, 11) is 0. The summed E-state index contributed by atoms with van der Waals surface area (Å²) < 4.78 is 27.1. The smallest absolute Gasteiger partial charge is 0.251 e. The summed E-state index contributed by atoms with van der Waals surface area (Å²) in [5, 5.41) is 0. The van der Waals surface area contributed by atoms with Crippen molar-refractivity contribution in [1.82, 2.24) is 0 Å². The predicted octanol–water partition coefficient (Wildman–Crippen LogP) is 3.99. The first kappa shape index (κ1) is 11.8. The Morgan fingerprint density at radius 3 is 2.44 bits per heavy atom. The van der Waals surface area contributed by atoms with E-state index in [1.165, 1.54) is 0 Å². The van der Waals surface area contributed by atoms with Crippen LogP contribution in [-0.2, 0) is 0 Å². The van der Waals surface area contributed by atoms with Crippen molar-refractivity contribution in [3.05, 3.63) is 28.2 Å². The molecular formula is C12H14BrF2N. The fourth-order valence-electron chi connectivity index (χ4n) is 2.05. The van der Waals surface area contributed by atoms with Gasteiger partial charge < -0.3 is 4.90 Å². The second-order valence-electron chi connectivity index (χ2n) is 4.27. The van der Waals surface area contributed by atoms with Crippen LogP contribution in [0, 0.1) is 6.92 Å². The Hall–Kier alpha value is -0.640. The van der Waals surface area contributed by atoms with Crippen LogP contribution in [0.3, 0.4) is 0 Å². The topological polar surface area (TPSA) is 3.24 Å². The van der Waals surface area contributed by atoms with Gasteiger partial charge in [-0.3, -0.25) is 0 Å². The van der Waals surface area contributed by atoms with E-state index in [-0.39, 0.29) is 12.8 Å². The summed E-state index contributed by atoms with van der Waals surface area (Å²) in [6.07, 6.45) is -0.0784. The molecule has 2 rings (SSSR count). The number of alkyl halides is 2. The van der Waals surface area contributed by atoms with Gasteiger partial charge in [-0.25, -0.2) is 8.78 Å². The second-order valence-corrected chi connectivity index (χ2v) is 5.19. The molecule has 1 aromatic rings. The molecule has 1 nitrogen and oxygen atoms in total.